The van der Waals surface area contributed by atoms with Gasteiger partial charge in [-0.05, 0) is 32.0 Å². The zero-order valence-corrected chi connectivity index (χ0v) is 13.1. The lowest BCUT2D eigenvalue weighted by molar-refractivity contribution is 0.484. The molecule has 0 amide bonds. The summed E-state index contributed by atoms with van der Waals surface area (Å²) in [6.07, 6.45) is 0. The van der Waals surface area contributed by atoms with Gasteiger partial charge in [0.15, 0.2) is 9.84 Å². The molecule has 1 aromatic rings. The van der Waals surface area contributed by atoms with Crippen molar-refractivity contribution in [3.8, 4) is 0 Å². The summed E-state index contributed by atoms with van der Waals surface area (Å²) in [6, 6.07) is 6.36. The van der Waals surface area contributed by atoms with E-state index in [9.17, 15) is 16.8 Å². The standard InChI is InChI=1S/C12H19NO5S2/c1-3-13(4-2)11-6-5-7-12(10-11)19(14,15)8-9-20(16,17)18/h5-7,10H,3-4,8-9H2,1-2H3,(H,16,17,18). The van der Waals surface area contributed by atoms with E-state index in [4.69, 9.17) is 4.55 Å². The second kappa shape index (κ2) is 6.55. The maximum Gasteiger partial charge on any atom is 0.265 e. The Morgan fingerprint density at radius 2 is 1.65 bits per heavy atom. The minimum absolute atomic E-state index is 0.0607. The number of anilines is 1. The normalized spacial score (nSPS) is 12.3. The molecule has 20 heavy (non-hydrogen) atoms. The molecule has 0 aliphatic carbocycles. The van der Waals surface area contributed by atoms with Crippen molar-refractivity contribution in [1.82, 2.24) is 0 Å². The van der Waals surface area contributed by atoms with E-state index in [2.05, 4.69) is 0 Å². The van der Waals surface area contributed by atoms with Crippen LogP contribution in [0, 0.1) is 0 Å². The molecule has 0 aromatic heterocycles. The van der Waals surface area contributed by atoms with Crippen molar-refractivity contribution in [1.29, 1.82) is 0 Å². The smallest absolute Gasteiger partial charge is 0.265 e. The summed E-state index contributed by atoms with van der Waals surface area (Å²) in [5, 5.41) is 0. The Balaban J connectivity index is 3.04. The third-order valence-corrected chi connectivity index (χ3v) is 5.61. The van der Waals surface area contributed by atoms with Crippen LogP contribution < -0.4 is 4.90 Å². The molecular formula is C12H19NO5S2. The first-order chi connectivity index (χ1) is 9.19. The van der Waals surface area contributed by atoms with E-state index < -0.39 is 31.5 Å². The fraction of sp³-hybridized carbons (Fsp3) is 0.500. The van der Waals surface area contributed by atoms with Crippen LogP contribution in [-0.4, -0.2) is 46.0 Å². The molecule has 0 saturated carbocycles. The zero-order valence-electron chi connectivity index (χ0n) is 11.5. The number of nitrogens with zero attached hydrogens (tertiary/aromatic N) is 1. The lowest BCUT2D eigenvalue weighted by atomic mass is 10.3. The molecule has 0 spiro atoms. The Morgan fingerprint density at radius 1 is 1.05 bits per heavy atom. The van der Waals surface area contributed by atoms with Gasteiger partial charge in [-0.1, -0.05) is 6.07 Å². The number of sulfone groups is 1. The molecule has 6 nitrogen and oxygen atoms in total. The van der Waals surface area contributed by atoms with E-state index in [0.717, 1.165) is 18.8 Å². The highest BCUT2D eigenvalue weighted by Gasteiger charge is 2.19. The highest BCUT2D eigenvalue weighted by molar-refractivity contribution is 7.93. The van der Waals surface area contributed by atoms with Crippen LogP contribution in [0.4, 0.5) is 5.69 Å². The van der Waals surface area contributed by atoms with Gasteiger partial charge in [0.1, 0.15) is 0 Å². The van der Waals surface area contributed by atoms with Crippen molar-refractivity contribution in [3.05, 3.63) is 24.3 Å². The van der Waals surface area contributed by atoms with Crippen LogP contribution in [0.25, 0.3) is 0 Å². The summed E-state index contributed by atoms with van der Waals surface area (Å²) < 4.78 is 54.0. The van der Waals surface area contributed by atoms with Gasteiger partial charge in [-0.2, -0.15) is 8.42 Å². The predicted molar refractivity (Wildman–Crippen MR) is 78.5 cm³/mol. The second-order valence-corrected chi connectivity index (χ2v) is 7.96. The topological polar surface area (TPSA) is 91.8 Å². The molecule has 8 heteroatoms. The maximum atomic E-state index is 12.0. The van der Waals surface area contributed by atoms with Crippen molar-refractivity contribution in [2.45, 2.75) is 18.7 Å². The van der Waals surface area contributed by atoms with E-state index in [1.54, 1.807) is 12.1 Å². The molecule has 0 bridgehead atoms. The number of benzene rings is 1. The Morgan fingerprint density at radius 3 is 2.15 bits per heavy atom. The van der Waals surface area contributed by atoms with Gasteiger partial charge in [-0.15, -0.1) is 0 Å². The van der Waals surface area contributed by atoms with Crippen LogP contribution >= 0.6 is 0 Å². The van der Waals surface area contributed by atoms with E-state index >= 15 is 0 Å². The molecule has 0 radical (unpaired) electrons. The first kappa shape index (κ1) is 16.9. The monoisotopic (exact) mass is 321 g/mol. The molecule has 0 fully saturated rings. The lowest BCUT2D eigenvalue weighted by Crippen LogP contribution is -2.22. The summed E-state index contributed by atoms with van der Waals surface area (Å²) >= 11 is 0. The zero-order chi connectivity index (χ0) is 15.4. The van der Waals surface area contributed by atoms with Crippen LogP contribution in [-0.2, 0) is 20.0 Å². The first-order valence-electron chi connectivity index (χ1n) is 6.22. The molecule has 0 heterocycles. The molecule has 0 atom stereocenters. The molecule has 114 valence electrons. The van der Waals surface area contributed by atoms with Gasteiger partial charge < -0.3 is 4.90 Å². The van der Waals surface area contributed by atoms with Gasteiger partial charge >= 0.3 is 0 Å². The predicted octanol–water partition coefficient (Wildman–Crippen LogP) is 1.19. The van der Waals surface area contributed by atoms with Gasteiger partial charge in [0, 0.05) is 18.8 Å². The van der Waals surface area contributed by atoms with Crippen molar-refractivity contribution < 1.29 is 21.4 Å². The lowest BCUT2D eigenvalue weighted by Gasteiger charge is -2.21. The van der Waals surface area contributed by atoms with E-state index in [1.807, 2.05) is 18.7 Å². The van der Waals surface area contributed by atoms with Crippen LogP contribution in [0.3, 0.4) is 0 Å². The summed E-state index contributed by atoms with van der Waals surface area (Å²) in [4.78, 5) is 2.05. The quantitative estimate of drug-likeness (QED) is 0.759. The van der Waals surface area contributed by atoms with Crippen molar-refractivity contribution in [2.24, 2.45) is 0 Å². The van der Waals surface area contributed by atoms with Crippen LogP contribution in [0.1, 0.15) is 13.8 Å². The Kier molecular flexibility index (Phi) is 5.55. The molecule has 0 aliphatic heterocycles. The summed E-state index contributed by atoms with van der Waals surface area (Å²) in [6.45, 7) is 5.40. The second-order valence-electron chi connectivity index (χ2n) is 4.27. The summed E-state index contributed by atoms with van der Waals surface area (Å²) in [5.41, 5.74) is 0.767. The summed E-state index contributed by atoms with van der Waals surface area (Å²) in [5.74, 6) is -1.43. The molecule has 0 saturated heterocycles. The largest absolute Gasteiger partial charge is 0.372 e. The molecule has 0 unspecified atom stereocenters. The highest BCUT2D eigenvalue weighted by atomic mass is 32.2. The molecule has 1 N–H and O–H groups in total. The average Bonchev–Trinajstić information content (AvgIpc) is 2.38. The molecular weight excluding hydrogens is 302 g/mol. The number of rotatable bonds is 7. The first-order valence-corrected chi connectivity index (χ1v) is 9.48. The molecule has 1 aromatic carbocycles. The third-order valence-electron chi connectivity index (χ3n) is 2.92. The fourth-order valence-corrected chi connectivity index (χ4v) is 4.34. The average molecular weight is 321 g/mol. The van der Waals surface area contributed by atoms with Gasteiger partial charge in [0.25, 0.3) is 10.1 Å². The van der Waals surface area contributed by atoms with Gasteiger partial charge in [-0.25, -0.2) is 8.42 Å². The fourth-order valence-electron chi connectivity index (χ4n) is 1.80. The van der Waals surface area contributed by atoms with Crippen LogP contribution in [0.2, 0.25) is 0 Å². The van der Waals surface area contributed by atoms with Gasteiger partial charge in [0.05, 0.1) is 16.4 Å². The number of hydrogen-bond acceptors (Lipinski definition) is 5. The van der Waals surface area contributed by atoms with E-state index in [1.165, 1.54) is 12.1 Å². The van der Waals surface area contributed by atoms with Gasteiger partial charge in [0.2, 0.25) is 0 Å². The Bertz CT molecular complexity index is 648. The molecule has 1 rings (SSSR count). The minimum Gasteiger partial charge on any atom is -0.372 e. The Labute approximate surface area is 120 Å². The minimum atomic E-state index is -4.29. The third kappa shape index (κ3) is 4.77. The summed E-state index contributed by atoms with van der Waals surface area (Å²) in [7, 11) is -8.02. The SMILES string of the molecule is CCN(CC)c1cccc(S(=O)(=O)CCS(=O)(=O)O)c1. The molecule has 0 aliphatic rings. The van der Waals surface area contributed by atoms with Crippen LogP contribution in [0.5, 0.6) is 0 Å². The van der Waals surface area contributed by atoms with Gasteiger partial charge in [-0.3, -0.25) is 4.55 Å². The number of hydrogen-bond donors (Lipinski definition) is 1. The maximum absolute atomic E-state index is 12.0. The Hall–Kier alpha value is -1.12. The van der Waals surface area contributed by atoms with E-state index in [0.29, 0.717) is 0 Å². The highest BCUT2D eigenvalue weighted by Crippen LogP contribution is 2.20. The van der Waals surface area contributed by atoms with Crippen LogP contribution in [0.15, 0.2) is 29.2 Å². The van der Waals surface area contributed by atoms with E-state index in [-0.39, 0.29) is 4.90 Å². The van der Waals surface area contributed by atoms with Crippen molar-refractivity contribution in [2.75, 3.05) is 29.5 Å². The van der Waals surface area contributed by atoms with Crippen molar-refractivity contribution in [3.63, 3.8) is 0 Å². The van der Waals surface area contributed by atoms with Crippen molar-refractivity contribution >= 4 is 25.6 Å².